The average Bonchev–Trinajstić information content (AvgIpc) is 2.26. The fourth-order valence-corrected chi connectivity index (χ4v) is 1.65. The highest BCUT2D eigenvalue weighted by atomic mass is 32.1. The van der Waals surface area contributed by atoms with E-state index in [1.807, 2.05) is 6.92 Å². The van der Waals surface area contributed by atoms with Crippen molar-refractivity contribution in [2.24, 2.45) is 5.41 Å². The van der Waals surface area contributed by atoms with Crippen molar-refractivity contribution >= 4 is 23.0 Å². The highest BCUT2D eigenvalue weighted by Crippen LogP contribution is 2.30. The molecule has 1 rings (SSSR count). The molecule has 2 nitrogen and oxygen atoms in total. The minimum atomic E-state index is -4.36. The molecule has 0 radical (unpaired) electrons. The Kier molecular flexibility index (Phi) is 5.02. The molecular formula is C14H19F3N2S. The maximum atomic E-state index is 12.6. The molecule has 0 aliphatic heterocycles. The molecule has 0 aliphatic carbocycles. The van der Waals surface area contributed by atoms with E-state index >= 15 is 0 Å². The predicted octanol–water partition coefficient (Wildman–Crippen LogP) is 4.43. The number of rotatable bonds is 2. The van der Waals surface area contributed by atoms with Crippen LogP contribution in [0.1, 0.15) is 33.3 Å². The summed E-state index contributed by atoms with van der Waals surface area (Å²) in [7, 11) is 0. The molecular weight excluding hydrogens is 285 g/mol. The molecule has 0 amide bonds. The maximum Gasteiger partial charge on any atom is 0.416 e. The monoisotopic (exact) mass is 304 g/mol. The molecule has 0 saturated carbocycles. The number of thiocarbonyl (C=S) groups is 1. The zero-order chi connectivity index (χ0) is 15.6. The summed E-state index contributed by atoms with van der Waals surface area (Å²) in [5, 5.41) is 6.16. The molecule has 2 N–H and O–H groups in total. The second-order valence-corrected chi connectivity index (χ2v) is 6.17. The summed E-state index contributed by atoms with van der Waals surface area (Å²) >= 11 is 5.11. The highest BCUT2D eigenvalue weighted by Gasteiger charge is 2.30. The first-order chi connectivity index (χ1) is 9.00. The van der Waals surface area contributed by atoms with Crippen LogP contribution in [0.3, 0.4) is 0 Å². The van der Waals surface area contributed by atoms with Gasteiger partial charge in [0.15, 0.2) is 5.11 Å². The van der Waals surface area contributed by atoms with Crippen molar-refractivity contribution in [1.82, 2.24) is 5.32 Å². The lowest BCUT2D eigenvalue weighted by atomic mass is 9.88. The Balaban J connectivity index is 2.72. The van der Waals surface area contributed by atoms with Gasteiger partial charge in [0.05, 0.1) is 5.56 Å². The molecule has 0 saturated heterocycles. The van der Waals surface area contributed by atoms with E-state index < -0.39 is 11.7 Å². The number of anilines is 1. The van der Waals surface area contributed by atoms with Gasteiger partial charge in [0.1, 0.15) is 0 Å². The van der Waals surface area contributed by atoms with E-state index in [2.05, 4.69) is 31.4 Å². The van der Waals surface area contributed by atoms with Gasteiger partial charge in [-0.05, 0) is 42.8 Å². The van der Waals surface area contributed by atoms with E-state index in [4.69, 9.17) is 12.2 Å². The molecule has 0 fully saturated rings. The summed E-state index contributed by atoms with van der Waals surface area (Å²) in [5.74, 6) is 0. The number of benzene rings is 1. The Bertz CT molecular complexity index is 478. The molecule has 20 heavy (non-hydrogen) atoms. The Morgan fingerprint density at radius 2 is 1.80 bits per heavy atom. The second kappa shape index (κ2) is 5.99. The first kappa shape index (κ1) is 16.8. The van der Waals surface area contributed by atoms with Crippen LogP contribution in [0, 0.1) is 5.41 Å². The van der Waals surface area contributed by atoms with E-state index in [1.165, 1.54) is 6.07 Å². The lowest BCUT2D eigenvalue weighted by Crippen LogP contribution is -2.43. The van der Waals surface area contributed by atoms with Gasteiger partial charge in [0.25, 0.3) is 0 Å². The van der Waals surface area contributed by atoms with Gasteiger partial charge in [-0.3, -0.25) is 0 Å². The lowest BCUT2D eigenvalue weighted by molar-refractivity contribution is -0.137. The fraction of sp³-hybridized carbons (Fsp3) is 0.500. The van der Waals surface area contributed by atoms with E-state index in [9.17, 15) is 13.2 Å². The van der Waals surface area contributed by atoms with Crippen molar-refractivity contribution in [2.45, 2.75) is 39.9 Å². The van der Waals surface area contributed by atoms with Crippen LogP contribution in [0.5, 0.6) is 0 Å². The quantitative estimate of drug-likeness (QED) is 0.791. The zero-order valence-electron chi connectivity index (χ0n) is 11.9. The molecule has 1 aromatic rings. The maximum absolute atomic E-state index is 12.6. The lowest BCUT2D eigenvalue weighted by Gasteiger charge is -2.29. The molecule has 0 spiro atoms. The molecule has 0 unspecified atom stereocenters. The molecule has 6 heteroatoms. The first-order valence-corrected chi connectivity index (χ1v) is 6.66. The van der Waals surface area contributed by atoms with Gasteiger partial charge in [0.2, 0.25) is 0 Å². The molecule has 0 aromatic heterocycles. The van der Waals surface area contributed by atoms with Crippen LogP contribution in [0.25, 0.3) is 0 Å². The molecule has 0 bridgehead atoms. The number of hydrogen-bond acceptors (Lipinski definition) is 1. The van der Waals surface area contributed by atoms with Gasteiger partial charge >= 0.3 is 6.18 Å². The van der Waals surface area contributed by atoms with Crippen molar-refractivity contribution in [3.8, 4) is 0 Å². The topological polar surface area (TPSA) is 24.1 Å². The number of nitrogens with one attached hydrogen (secondary N) is 2. The van der Waals surface area contributed by atoms with E-state index in [-0.39, 0.29) is 11.5 Å². The smallest absolute Gasteiger partial charge is 0.359 e. The van der Waals surface area contributed by atoms with Crippen molar-refractivity contribution in [3.05, 3.63) is 29.8 Å². The number of alkyl halides is 3. The molecule has 0 aliphatic rings. The summed E-state index contributed by atoms with van der Waals surface area (Å²) in [6.45, 7) is 8.13. The Labute approximate surface area is 122 Å². The van der Waals surface area contributed by atoms with Crippen LogP contribution >= 0.6 is 12.2 Å². The minimum Gasteiger partial charge on any atom is -0.359 e. The standard InChI is InChI=1S/C14H19F3N2S/c1-9(13(2,3)4)18-12(20)19-11-7-5-6-10(8-11)14(15,16)17/h5-9H,1-4H3,(H2,18,19,20)/t9-/m1/s1. The van der Waals surface area contributed by atoms with E-state index in [0.29, 0.717) is 10.8 Å². The van der Waals surface area contributed by atoms with Gasteiger partial charge in [-0.25, -0.2) is 0 Å². The van der Waals surface area contributed by atoms with Crippen molar-refractivity contribution in [1.29, 1.82) is 0 Å². The van der Waals surface area contributed by atoms with Crippen LogP contribution in [0.2, 0.25) is 0 Å². The SMILES string of the molecule is C[C@@H](NC(=S)Nc1cccc(C(F)(F)F)c1)C(C)(C)C. The second-order valence-electron chi connectivity index (χ2n) is 5.76. The first-order valence-electron chi connectivity index (χ1n) is 6.25. The summed E-state index contributed by atoms with van der Waals surface area (Å²) < 4.78 is 37.8. The Hall–Kier alpha value is -1.30. The third kappa shape index (κ3) is 5.00. The third-order valence-electron chi connectivity index (χ3n) is 3.09. The van der Waals surface area contributed by atoms with Crippen LogP contribution in [0.15, 0.2) is 24.3 Å². The van der Waals surface area contributed by atoms with Gasteiger partial charge in [-0.1, -0.05) is 26.8 Å². The summed E-state index contributed by atoms with van der Waals surface area (Å²) in [6, 6.07) is 5.05. The van der Waals surface area contributed by atoms with Crippen LogP contribution < -0.4 is 10.6 Å². The normalized spacial score (nSPS) is 13.8. The minimum absolute atomic E-state index is 0.000439. The van der Waals surface area contributed by atoms with E-state index in [1.54, 1.807) is 6.07 Å². The van der Waals surface area contributed by atoms with Crippen molar-refractivity contribution in [3.63, 3.8) is 0 Å². The average molecular weight is 304 g/mol. The van der Waals surface area contributed by atoms with E-state index in [0.717, 1.165) is 12.1 Å². The van der Waals surface area contributed by atoms with Gasteiger partial charge in [-0.15, -0.1) is 0 Å². The third-order valence-corrected chi connectivity index (χ3v) is 3.31. The van der Waals surface area contributed by atoms with Crippen molar-refractivity contribution in [2.75, 3.05) is 5.32 Å². The van der Waals surface area contributed by atoms with Crippen LogP contribution in [-0.4, -0.2) is 11.2 Å². The molecule has 112 valence electrons. The van der Waals surface area contributed by atoms with Crippen LogP contribution in [-0.2, 0) is 6.18 Å². The van der Waals surface area contributed by atoms with Crippen molar-refractivity contribution < 1.29 is 13.2 Å². The highest BCUT2D eigenvalue weighted by molar-refractivity contribution is 7.80. The fourth-order valence-electron chi connectivity index (χ4n) is 1.35. The number of halogens is 3. The van der Waals surface area contributed by atoms with Gasteiger partial charge in [0, 0.05) is 11.7 Å². The van der Waals surface area contributed by atoms with Crippen LogP contribution in [0.4, 0.5) is 18.9 Å². The largest absolute Gasteiger partial charge is 0.416 e. The predicted molar refractivity (Wildman–Crippen MR) is 79.7 cm³/mol. The summed E-state index contributed by atoms with van der Waals surface area (Å²) in [4.78, 5) is 0. The summed E-state index contributed by atoms with van der Waals surface area (Å²) in [5.41, 5.74) is -0.382. The summed E-state index contributed by atoms with van der Waals surface area (Å²) in [6.07, 6.45) is -4.36. The Morgan fingerprint density at radius 3 is 2.30 bits per heavy atom. The molecule has 0 heterocycles. The molecule has 1 atom stereocenters. The molecule has 1 aromatic carbocycles. The number of hydrogen-bond donors (Lipinski definition) is 2. The van der Waals surface area contributed by atoms with Gasteiger partial charge in [-0.2, -0.15) is 13.2 Å². The van der Waals surface area contributed by atoms with Gasteiger partial charge < -0.3 is 10.6 Å². The Morgan fingerprint density at radius 1 is 1.20 bits per heavy atom. The zero-order valence-corrected chi connectivity index (χ0v) is 12.7.